The summed E-state index contributed by atoms with van der Waals surface area (Å²) in [5, 5.41) is 30.1. The van der Waals surface area contributed by atoms with Crippen LogP contribution in [0.4, 0.5) is 0 Å². The van der Waals surface area contributed by atoms with Gasteiger partial charge in [0, 0.05) is 30.2 Å². The highest BCUT2D eigenvalue weighted by Gasteiger charge is 2.23. The van der Waals surface area contributed by atoms with Crippen LogP contribution in [0, 0.1) is 0 Å². The van der Waals surface area contributed by atoms with Gasteiger partial charge in [-0.05, 0) is 31.8 Å². The van der Waals surface area contributed by atoms with Crippen molar-refractivity contribution in [2.24, 2.45) is 0 Å². The van der Waals surface area contributed by atoms with Gasteiger partial charge in [0.1, 0.15) is 28.1 Å². The molecule has 0 fully saturated rings. The van der Waals surface area contributed by atoms with Gasteiger partial charge < -0.3 is 24.5 Å². The molecule has 7 heteroatoms. The first-order chi connectivity index (χ1) is 14.6. The molecule has 0 bridgehead atoms. The van der Waals surface area contributed by atoms with Crippen molar-refractivity contribution in [2.45, 2.75) is 32.6 Å². The lowest BCUT2D eigenvalue weighted by Gasteiger charge is -2.14. The van der Waals surface area contributed by atoms with Crippen LogP contribution >= 0.6 is 0 Å². The molecule has 0 amide bonds. The highest BCUT2D eigenvalue weighted by molar-refractivity contribution is 6.02. The van der Waals surface area contributed by atoms with Crippen LogP contribution in [0.2, 0.25) is 0 Å². The zero-order valence-electron chi connectivity index (χ0n) is 17.4. The Hall–Kier alpha value is -3.74. The summed E-state index contributed by atoms with van der Waals surface area (Å²) >= 11 is 0. The number of methoxy groups -OCH3 is 1. The van der Waals surface area contributed by atoms with Crippen LogP contribution in [0.3, 0.4) is 0 Å². The number of carbonyl (C=O) groups is 1. The molecule has 0 aliphatic carbocycles. The Morgan fingerprint density at radius 3 is 2.35 bits per heavy atom. The van der Waals surface area contributed by atoms with E-state index in [0.29, 0.717) is 12.0 Å². The van der Waals surface area contributed by atoms with Gasteiger partial charge in [-0.2, -0.15) is 0 Å². The number of benzene rings is 2. The second kappa shape index (κ2) is 8.55. The number of fused-ring (bicyclic) bond motifs is 2. The fourth-order valence-electron chi connectivity index (χ4n) is 3.57. The summed E-state index contributed by atoms with van der Waals surface area (Å²) in [5.41, 5.74) is 0.876. The van der Waals surface area contributed by atoms with Gasteiger partial charge in [-0.3, -0.25) is 9.59 Å². The molecule has 31 heavy (non-hydrogen) atoms. The lowest BCUT2D eigenvalue weighted by Crippen LogP contribution is -2.12. The van der Waals surface area contributed by atoms with Crippen molar-refractivity contribution in [1.29, 1.82) is 0 Å². The minimum absolute atomic E-state index is 0.00325. The second-order valence-corrected chi connectivity index (χ2v) is 7.56. The number of hydrogen-bond acceptors (Lipinski definition) is 7. The molecule has 0 aliphatic heterocycles. The monoisotopic (exact) mass is 424 g/mol. The maximum Gasteiger partial charge on any atom is 0.204 e. The van der Waals surface area contributed by atoms with E-state index in [2.05, 4.69) is 13.2 Å². The highest BCUT2D eigenvalue weighted by Crippen LogP contribution is 2.39. The van der Waals surface area contributed by atoms with E-state index in [1.165, 1.54) is 19.2 Å². The Morgan fingerprint density at radius 1 is 1.03 bits per heavy atom. The van der Waals surface area contributed by atoms with Crippen LogP contribution in [0.25, 0.3) is 21.9 Å². The van der Waals surface area contributed by atoms with Crippen molar-refractivity contribution >= 4 is 27.7 Å². The molecule has 0 aliphatic rings. The quantitative estimate of drug-likeness (QED) is 0.277. The second-order valence-electron chi connectivity index (χ2n) is 7.56. The number of phenols is 3. The van der Waals surface area contributed by atoms with E-state index in [1.54, 1.807) is 0 Å². The predicted octanol–water partition coefficient (Wildman–Crippen LogP) is 4.49. The minimum atomic E-state index is -0.609. The first kappa shape index (κ1) is 22.0. The van der Waals surface area contributed by atoms with Crippen LogP contribution < -0.4 is 10.2 Å². The zero-order valence-corrected chi connectivity index (χ0v) is 17.4. The van der Waals surface area contributed by atoms with Gasteiger partial charge in [0.25, 0.3) is 0 Å². The smallest absolute Gasteiger partial charge is 0.204 e. The number of Topliss-reactive ketones (excluding diaryl/α,β-unsaturated/α-hetero) is 1. The minimum Gasteiger partial charge on any atom is -0.508 e. The molecule has 0 saturated heterocycles. The molecule has 0 radical (unpaired) electrons. The maximum atomic E-state index is 13.2. The van der Waals surface area contributed by atoms with Gasteiger partial charge in [-0.25, -0.2) is 0 Å². The third kappa shape index (κ3) is 4.26. The van der Waals surface area contributed by atoms with E-state index in [4.69, 9.17) is 9.15 Å². The fraction of sp³-hybridized carbons (Fsp3) is 0.250. The molecule has 3 aromatic rings. The molecular formula is C24H24O7. The van der Waals surface area contributed by atoms with E-state index >= 15 is 0 Å². The summed E-state index contributed by atoms with van der Waals surface area (Å²) in [6.45, 7) is 9.60. The van der Waals surface area contributed by atoms with Crippen LogP contribution in [0.15, 0.2) is 51.7 Å². The molecule has 162 valence electrons. The summed E-state index contributed by atoms with van der Waals surface area (Å²) in [6.07, 6.45) is 1.73. The predicted molar refractivity (Wildman–Crippen MR) is 118 cm³/mol. The molecule has 1 heterocycles. The van der Waals surface area contributed by atoms with Crippen molar-refractivity contribution in [2.75, 3.05) is 7.11 Å². The van der Waals surface area contributed by atoms with E-state index in [1.807, 2.05) is 6.92 Å². The zero-order chi connectivity index (χ0) is 22.9. The van der Waals surface area contributed by atoms with Gasteiger partial charge >= 0.3 is 0 Å². The first-order valence-corrected chi connectivity index (χ1v) is 9.70. The molecule has 2 aromatic carbocycles. The lowest BCUT2D eigenvalue weighted by atomic mass is 9.95. The van der Waals surface area contributed by atoms with Crippen LogP contribution in [-0.4, -0.2) is 28.2 Å². The van der Waals surface area contributed by atoms with Crippen molar-refractivity contribution in [1.82, 2.24) is 0 Å². The van der Waals surface area contributed by atoms with Crippen molar-refractivity contribution < 1.29 is 29.3 Å². The number of rotatable bonds is 8. The normalized spacial score (nSPS) is 11.0. The average Bonchev–Trinajstić information content (AvgIpc) is 2.66. The molecule has 1 aromatic heterocycles. The summed E-state index contributed by atoms with van der Waals surface area (Å²) < 4.78 is 10.9. The molecule has 0 saturated carbocycles. The Balaban J connectivity index is 2.16. The SMILES string of the molecule is C=C(C)CCCC(=C)C(=O)Cc1c(OC)c(O)cc2oc3cc(O)cc(O)c3c(=O)c12. The Kier molecular flexibility index (Phi) is 6.06. The molecule has 0 spiro atoms. The summed E-state index contributed by atoms with van der Waals surface area (Å²) in [5.74, 6) is -1.38. The number of ketones is 1. The van der Waals surface area contributed by atoms with Crippen LogP contribution in [-0.2, 0) is 11.2 Å². The molecule has 7 nitrogen and oxygen atoms in total. The molecule has 3 rings (SSSR count). The van der Waals surface area contributed by atoms with Crippen molar-refractivity contribution in [3.8, 4) is 23.0 Å². The standard InChI is InChI=1S/C24H24O7/c1-12(2)6-5-7-13(3)16(26)10-15-21-20(11-18(28)24(15)30-4)31-19-9-14(25)8-17(27)22(19)23(21)29/h8-9,11,25,27-28H,1,3,5-7,10H2,2,4H3. The Bertz CT molecular complexity index is 1280. The lowest BCUT2D eigenvalue weighted by molar-refractivity contribution is -0.115. The van der Waals surface area contributed by atoms with Crippen molar-refractivity contribution in [3.05, 3.63) is 58.3 Å². The number of carbonyl (C=O) groups excluding carboxylic acids is 1. The van der Waals surface area contributed by atoms with Gasteiger partial charge in [0.15, 0.2) is 17.3 Å². The third-order valence-electron chi connectivity index (χ3n) is 5.08. The number of ether oxygens (including phenoxy) is 1. The van der Waals surface area contributed by atoms with E-state index in [-0.39, 0.29) is 57.0 Å². The molecule has 0 atom stereocenters. The summed E-state index contributed by atoms with van der Waals surface area (Å²) in [6, 6.07) is 3.41. The molecular weight excluding hydrogens is 400 g/mol. The Morgan fingerprint density at radius 2 is 1.71 bits per heavy atom. The van der Waals surface area contributed by atoms with E-state index < -0.39 is 11.2 Å². The summed E-state index contributed by atoms with van der Waals surface area (Å²) in [4.78, 5) is 26.1. The largest absolute Gasteiger partial charge is 0.508 e. The highest BCUT2D eigenvalue weighted by atomic mass is 16.5. The number of phenolic OH excluding ortho intramolecular Hbond substituents is 3. The number of aromatic hydroxyl groups is 3. The Labute approximate surface area is 178 Å². The van der Waals surface area contributed by atoms with E-state index in [0.717, 1.165) is 24.5 Å². The topological polar surface area (TPSA) is 117 Å². The number of allylic oxidation sites excluding steroid dienone is 2. The molecule has 3 N–H and O–H groups in total. The van der Waals surface area contributed by atoms with Gasteiger partial charge in [-0.1, -0.05) is 12.2 Å². The van der Waals surface area contributed by atoms with Gasteiger partial charge in [0.05, 0.1) is 12.5 Å². The van der Waals surface area contributed by atoms with Crippen LogP contribution in [0.5, 0.6) is 23.0 Å². The van der Waals surface area contributed by atoms with Crippen molar-refractivity contribution in [3.63, 3.8) is 0 Å². The summed E-state index contributed by atoms with van der Waals surface area (Å²) in [7, 11) is 1.31. The fourth-order valence-corrected chi connectivity index (χ4v) is 3.57. The van der Waals surface area contributed by atoms with Gasteiger partial charge in [0.2, 0.25) is 5.43 Å². The van der Waals surface area contributed by atoms with Gasteiger partial charge in [-0.15, -0.1) is 6.58 Å². The van der Waals surface area contributed by atoms with E-state index in [9.17, 15) is 24.9 Å². The van der Waals surface area contributed by atoms with Crippen LogP contribution in [0.1, 0.15) is 31.7 Å². The average molecular weight is 424 g/mol. The third-order valence-corrected chi connectivity index (χ3v) is 5.08. The maximum absolute atomic E-state index is 13.2. The molecule has 0 unspecified atom stereocenters. The first-order valence-electron chi connectivity index (χ1n) is 9.70. The number of hydrogen-bond donors (Lipinski definition) is 3.